The van der Waals surface area contributed by atoms with Crippen molar-refractivity contribution in [2.75, 3.05) is 0 Å². The molecule has 1 rings (SSSR count). The maximum Gasteiger partial charge on any atom is 0.209 e. The topological polar surface area (TPSA) is 37.3 Å². The summed E-state index contributed by atoms with van der Waals surface area (Å²) >= 11 is 3.56. The van der Waals surface area contributed by atoms with Crippen LogP contribution >= 0.6 is 12.6 Å². The van der Waals surface area contributed by atoms with Gasteiger partial charge in [-0.3, -0.25) is 4.79 Å². The zero-order valence-corrected chi connectivity index (χ0v) is 7.16. The number of thiol groups is 1. The van der Waals surface area contributed by atoms with Crippen molar-refractivity contribution >= 4 is 23.8 Å². The third kappa shape index (κ3) is 2.43. The summed E-state index contributed by atoms with van der Waals surface area (Å²) in [6, 6.07) is 6.77. The molecule has 1 aromatic carbocycles. The van der Waals surface area contributed by atoms with Gasteiger partial charge in [0.1, 0.15) is 5.75 Å². The third-order valence-corrected chi connectivity index (χ3v) is 1.49. The summed E-state index contributed by atoms with van der Waals surface area (Å²) in [5.41, 5.74) is 0.611. The van der Waals surface area contributed by atoms with Crippen LogP contribution in [0.1, 0.15) is 5.56 Å². The van der Waals surface area contributed by atoms with Gasteiger partial charge in [-0.2, -0.15) is 0 Å². The van der Waals surface area contributed by atoms with E-state index in [9.17, 15) is 9.90 Å². The average Bonchev–Trinajstić information content (AvgIpc) is 2.03. The Balaban J connectivity index is 2.89. The van der Waals surface area contributed by atoms with E-state index in [1.165, 1.54) is 12.2 Å². The molecule has 0 saturated heterocycles. The monoisotopic (exact) mass is 180 g/mol. The van der Waals surface area contributed by atoms with E-state index in [1.807, 2.05) is 0 Å². The van der Waals surface area contributed by atoms with Crippen molar-refractivity contribution in [3.05, 3.63) is 35.9 Å². The number of rotatable bonds is 2. The van der Waals surface area contributed by atoms with E-state index in [2.05, 4.69) is 12.6 Å². The quantitative estimate of drug-likeness (QED) is 0.538. The van der Waals surface area contributed by atoms with Crippen molar-refractivity contribution in [3.8, 4) is 5.75 Å². The van der Waals surface area contributed by atoms with Crippen molar-refractivity contribution in [2.45, 2.75) is 0 Å². The van der Waals surface area contributed by atoms with Crippen LogP contribution in [0.25, 0.3) is 6.08 Å². The maximum absolute atomic E-state index is 10.4. The fourth-order valence-electron chi connectivity index (χ4n) is 0.790. The Kier molecular flexibility index (Phi) is 2.94. The number of hydrogen-bond donors (Lipinski definition) is 2. The summed E-state index contributed by atoms with van der Waals surface area (Å²) in [4.78, 5) is 10.4. The molecular weight excluding hydrogens is 172 g/mol. The Morgan fingerprint density at radius 3 is 2.67 bits per heavy atom. The van der Waals surface area contributed by atoms with E-state index in [0.29, 0.717) is 5.56 Å². The largest absolute Gasteiger partial charge is 0.507 e. The second kappa shape index (κ2) is 3.97. The van der Waals surface area contributed by atoms with Crippen LogP contribution in [0.4, 0.5) is 0 Å². The summed E-state index contributed by atoms with van der Waals surface area (Å²) in [5.74, 6) is 0.156. The van der Waals surface area contributed by atoms with Gasteiger partial charge in [-0.15, -0.1) is 12.6 Å². The van der Waals surface area contributed by atoms with Gasteiger partial charge in [0.25, 0.3) is 0 Å². The Morgan fingerprint density at radius 2 is 2.08 bits per heavy atom. The number of hydrogen-bond acceptors (Lipinski definition) is 2. The molecule has 0 radical (unpaired) electrons. The van der Waals surface area contributed by atoms with Crippen molar-refractivity contribution < 1.29 is 9.90 Å². The lowest BCUT2D eigenvalue weighted by atomic mass is 10.2. The minimum absolute atomic E-state index is 0.156. The number of para-hydroxylation sites is 1. The Labute approximate surface area is 75.9 Å². The summed E-state index contributed by atoms with van der Waals surface area (Å²) < 4.78 is 0. The molecule has 3 heteroatoms. The lowest BCUT2D eigenvalue weighted by Gasteiger charge is -1.95. The highest BCUT2D eigenvalue weighted by atomic mass is 32.1. The van der Waals surface area contributed by atoms with Crippen LogP contribution in [0.5, 0.6) is 5.75 Å². The highest BCUT2D eigenvalue weighted by Gasteiger charge is 1.93. The summed E-state index contributed by atoms with van der Waals surface area (Å²) in [6.07, 6.45) is 2.81. The van der Waals surface area contributed by atoms with Crippen molar-refractivity contribution in [1.82, 2.24) is 0 Å². The Hall–Kier alpha value is -1.22. The molecule has 0 aliphatic heterocycles. The second-order valence-corrected chi connectivity index (χ2v) is 2.67. The van der Waals surface area contributed by atoms with E-state index in [1.54, 1.807) is 24.3 Å². The number of carbonyl (C=O) groups is 1. The fourth-order valence-corrected chi connectivity index (χ4v) is 0.864. The molecule has 0 spiro atoms. The third-order valence-electron chi connectivity index (χ3n) is 1.34. The smallest absolute Gasteiger partial charge is 0.209 e. The van der Waals surface area contributed by atoms with E-state index in [4.69, 9.17) is 0 Å². The molecule has 2 nitrogen and oxygen atoms in total. The van der Waals surface area contributed by atoms with E-state index in [0.717, 1.165) is 0 Å². The molecule has 62 valence electrons. The lowest BCUT2D eigenvalue weighted by molar-refractivity contribution is -0.106. The first kappa shape index (κ1) is 8.87. The predicted molar refractivity (Wildman–Crippen MR) is 51.1 cm³/mol. The van der Waals surface area contributed by atoms with Crippen LogP contribution in [0.2, 0.25) is 0 Å². The number of carbonyl (C=O) groups excluding carboxylic acids is 1. The number of phenolic OH excluding ortho intramolecular Hbond substituents is 1. The van der Waals surface area contributed by atoms with Gasteiger partial charge >= 0.3 is 0 Å². The van der Waals surface area contributed by atoms with Crippen molar-refractivity contribution in [2.24, 2.45) is 0 Å². The van der Waals surface area contributed by atoms with Crippen molar-refractivity contribution in [1.29, 1.82) is 0 Å². The molecule has 0 heterocycles. The predicted octanol–water partition coefficient (Wildman–Crippen LogP) is 1.86. The SMILES string of the molecule is O=C(S)/C=C/c1ccccc1O. The molecule has 0 unspecified atom stereocenters. The summed E-state index contributed by atoms with van der Waals surface area (Å²) in [7, 11) is 0. The Bertz CT molecular complexity index is 318. The number of phenols is 1. The average molecular weight is 180 g/mol. The highest BCUT2D eigenvalue weighted by Crippen LogP contribution is 2.16. The molecule has 0 aliphatic carbocycles. The first-order valence-corrected chi connectivity index (χ1v) is 3.84. The van der Waals surface area contributed by atoms with Gasteiger partial charge in [0, 0.05) is 5.56 Å². The zero-order valence-electron chi connectivity index (χ0n) is 6.27. The Morgan fingerprint density at radius 1 is 1.42 bits per heavy atom. The van der Waals surface area contributed by atoms with Crippen LogP contribution in [-0.4, -0.2) is 10.2 Å². The minimum atomic E-state index is -0.335. The van der Waals surface area contributed by atoms with Crippen LogP contribution in [0.3, 0.4) is 0 Å². The highest BCUT2D eigenvalue weighted by molar-refractivity contribution is 7.97. The summed E-state index contributed by atoms with van der Waals surface area (Å²) in [6.45, 7) is 0. The van der Waals surface area contributed by atoms with Gasteiger partial charge < -0.3 is 5.11 Å². The molecule has 1 N–H and O–H groups in total. The van der Waals surface area contributed by atoms with E-state index < -0.39 is 0 Å². The second-order valence-electron chi connectivity index (χ2n) is 2.23. The molecule has 0 amide bonds. The van der Waals surface area contributed by atoms with Gasteiger partial charge in [-0.25, -0.2) is 0 Å². The standard InChI is InChI=1S/C9H8O2S/c10-8-4-2-1-3-7(8)5-6-9(11)12/h1-6,10H,(H,11,12)/b6-5+. The fraction of sp³-hybridized carbons (Fsp3) is 0. The zero-order chi connectivity index (χ0) is 8.97. The summed E-state index contributed by atoms with van der Waals surface area (Å²) in [5, 5.41) is 8.90. The van der Waals surface area contributed by atoms with Gasteiger partial charge in [-0.1, -0.05) is 18.2 Å². The molecule has 12 heavy (non-hydrogen) atoms. The normalized spacial score (nSPS) is 10.4. The van der Waals surface area contributed by atoms with Crippen LogP contribution in [0, 0.1) is 0 Å². The van der Waals surface area contributed by atoms with Crippen LogP contribution in [0.15, 0.2) is 30.3 Å². The molecule has 0 aliphatic rings. The van der Waals surface area contributed by atoms with E-state index >= 15 is 0 Å². The van der Waals surface area contributed by atoms with Gasteiger partial charge in [-0.05, 0) is 18.2 Å². The molecule has 0 aromatic heterocycles. The molecule has 0 atom stereocenters. The lowest BCUT2D eigenvalue weighted by Crippen LogP contribution is -1.77. The molecule has 0 saturated carbocycles. The number of benzene rings is 1. The molecule has 0 fully saturated rings. The van der Waals surface area contributed by atoms with Crippen molar-refractivity contribution in [3.63, 3.8) is 0 Å². The van der Waals surface area contributed by atoms with Gasteiger partial charge in [0.05, 0.1) is 0 Å². The van der Waals surface area contributed by atoms with Crippen LogP contribution < -0.4 is 0 Å². The van der Waals surface area contributed by atoms with Crippen LogP contribution in [-0.2, 0) is 4.79 Å². The van der Waals surface area contributed by atoms with E-state index in [-0.39, 0.29) is 10.9 Å². The van der Waals surface area contributed by atoms with Gasteiger partial charge in [0.15, 0.2) is 0 Å². The number of aromatic hydroxyl groups is 1. The maximum atomic E-state index is 10.4. The molecule has 0 bridgehead atoms. The first-order chi connectivity index (χ1) is 5.70. The van der Waals surface area contributed by atoms with Gasteiger partial charge in [0.2, 0.25) is 5.12 Å². The molecule has 1 aromatic rings. The first-order valence-electron chi connectivity index (χ1n) is 3.39. The molecular formula is C9H8O2S. The minimum Gasteiger partial charge on any atom is -0.507 e.